The molecule has 5 nitrogen and oxygen atoms in total. The molecule has 2 rings (SSSR count). The minimum atomic E-state index is -3.51. The van der Waals surface area contributed by atoms with Crippen molar-refractivity contribution in [2.24, 2.45) is 11.8 Å². The van der Waals surface area contributed by atoms with Crippen molar-refractivity contribution in [3.63, 3.8) is 0 Å². The van der Waals surface area contributed by atoms with E-state index < -0.39 is 10.0 Å². The normalized spacial score (nSPS) is 22.7. The molecule has 0 aromatic heterocycles. The number of nitrogens with one attached hydrogen (secondary N) is 1. The molecule has 3 N–H and O–H groups in total. The van der Waals surface area contributed by atoms with Crippen LogP contribution in [0.2, 0.25) is 0 Å². The van der Waals surface area contributed by atoms with Crippen LogP contribution in [-0.4, -0.2) is 33.4 Å². The fraction of sp³-hybridized carbons (Fsp3) is 0.600. The molecule has 1 aliphatic carbocycles. The number of hydrogen-bond donors (Lipinski definition) is 2. The van der Waals surface area contributed by atoms with Crippen LogP contribution in [0.3, 0.4) is 0 Å². The summed E-state index contributed by atoms with van der Waals surface area (Å²) in [6, 6.07) is 5.12. The summed E-state index contributed by atoms with van der Waals surface area (Å²) in [5.41, 5.74) is 7.07. The van der Waals surface area contributed by atoms with Crippen molar-refractivity contribution in [2.75, 3.05) is 31.7 Å². The third-order valence-corrected chi connectivity index (χ3v) is 6.29. The highest BCUT2D eigenvalue weighted by molar-refractivity contribution is 7.89. The molecule has 0 bridgehead atoms. The summed E-state index contributed by atoms with van der Waals surface area (Å²) in [4.78, 5) is 0.164. The largest absolute Gasteiger partial charge is 0.396 e. The molecule has 1 saturated carbocycles. The summed E-state index contributed by atoms with van der Waals surface area (Å²) < 4.78 is 25.7. The molecule has 0 saturated heterocycles. The summed E-state index contributed by atoms with van der Waals surface area (Å²) in [6.07, 6.45) is 3.78. The molecule has 0 heterocycles. The predicted octanol–water partition coefficient (Wildman–Crippen LogP) is 2.37. The van der Waals surface area contributed by atoms with Crippen molar-refractivity contribution in [2.45, 2.75) is 31.1 Å². The molecule has 2 unspecified atom stereocenters. The lowest BCUT2D eigenvalue weighted by atomic mass is 9.98. The van der Waals surface area contributed by atoms with Crippen LogP contribution in [-0.2, 0) is 10.0 Å². The van der Waals surface area contributed by atoms with Crippen molar-refractivity contribution in [3.8, 4) is 0 Å². The fourth-order valence-corrected chi connectivity index (χ4v) is 3.92. The van der Waals surface area contributed by atoms with E-state index in [0.29, 0.717) is 23.2 Å². The van der Waals surface area contributed by atoms with Crippen LogP contribution in [0.25, 0.3) is 0 Å². The van der Waals surface area contributed by atoms with E-state index in [1.807, 2.05) is 6.07 Å². The Kier molecular flexibility index (Phi) is 4.78. The Morgan fingerprint density at radius 1 is 1.33 bits per heavy atom. The smallest absolute Gasteiger partial charge is 0.244 e. The average Bonchev–Trinajstić information content (AvgIpc) is 2.82. The van der Waals surface area contributed by atoms with E-state index in [1.54, 1.807) is 12.1 Å². The average molecular weight is 311 g/mol. The number of nitrogens with two attached hydrogens (primary N) is 1. The molecule has 21 heavy (non-hydrogen) atoms. The minimum absolute atomic E-state index is 0.164. The molecular weight excluding hydrogens is 286 g/mol. The van der Waals surface area contributed by atoms with Gasteiger partial charge in [-0.3, -0.25) is 0 Å². The Hall–Kier alpha value is -1.27. The SMILES string of the molecule is CC1CCCC1CNc1cccc(S(=O)(=O)N(C)C)c1N. The van der Waals surface area contributed by atoms with Gasteiger partial charge in [-0.1, -0.05) is 25.8 Å². The first-order chi connectivity index (χ1) is 9.84. The highest BCUT2D eigenvalue weighted by atomic mass is 32.2. The maximum absolute atomic E-state index is 12.2. The first-order valence-electron chi connectivity index (χ1n) is 7.39. The van der Waals surface area contributed by atoms with Gasteiger partial charge in [-0.25, -0.2) is 12.7 Å². The highest BCUT2D eigenvalue weighted by Gasteiger charge is 2.24. The molecule has 1 fully saturated rings. The minimum Gasteiger partial charge on any atom is -0.396 e. The topological polar surface area (TPSA) is 75.4 Å². The van der Waals surface area contributed by atoms with Gasteiger partial charge in [0.2, 0.25) is 10.0 Å². The lowest BCUT2D eigenvalue weighted by molar-refractivity contribution is 0.440. The summed E-state index contributed by atoms with van der Waals surface area (Å²) in [7, 11) is -0.492. The van der Waals surface area contributed by atoms with Gasteiger partial charge in [0, 0.05) is 20.6 Å². The zero-order valence-electron chi connectivity index (χ0n) is 13.0. The van der Waals surface area contributed by atoms with Crippen molar-refractivity contribution in [1.29, 1.82) is 0 Å². The summed E-state index contributed by atoms with van der Waals surface area (Å²) >= 11 is 0. The van der Waals surface area contributed by atoms with Gasteiger partial charge < -0.3 is 11.1 Å². The van der Waals surface area contributed by atoms with E-state index in [2.05, 4.69) is 12.2 Å². The predicted molar refractivity (Wildman–Crippen MR) is 86.7 cm³/mol. The van der Waals surface area contributed by atoms with Gasteiger partial charge in [-0.05, 0) is 30.4 Å². The number of anilines is 2. The maximum atomic E-state index is 12.2. The van der Waals surface area contributed by atoms with Crippen molar-refractivity contribution in [1.82, 2.24) is 4.31 Å². The second-order valence-electron chi connectivity index (χ2n) is 6.05. The zero-order chi connectivity index (χ0) is 15.6. The molecule has 0 radical (unpaired) electrons. The van der Waals surface area contributed by atoms with Crippen LogP contribution in [0.15, 0.2) is 23.1 Å². The standard InChI is InChI=1S/C15H25N3O2S/c1-11-6-4-7-12(11)10-17-13-8-5-9-14(15(13)16)21(19,20)18(2)3/h5,8-9,11-12,17H,4,6-7,10,16H2,1-3H3. The summed E-state index contributed by atoms with van der Waals surface area (Å²) in [5.74, 6) is 1.35. The summed E-state index contributed by atoms with van der Waals surface area (Å²) in [6.45, 7) is 3.12. The quantitative estimate of drug-likeness (QED) is 0.819. The van der Waals surface area contributed by atoms with E-state index in [-0.39, 0.29) is 4.90 Å². The molecule has 0 amide bonds. The van der Waals surface area contributed by atoms with Crippen molar-refractivity contribution < 1.29 is 8.42 Å². The Balaban J connectivity index is 2.18. The number of sulfonamides is 1. The fourth-order valence-electron chi connectivity index (χ4n) is 2.89. The van der Waals surface area contributed by atoms with Crippen molar-refractivity contribution >= 4 is 21.4 Å². The van der Waals surface area contributed by atoms with Gasteiger partial charge >= 0.3 is 0 Å². The Labute approximate surface area is 127 Å². The van der Waals surface area contributed by atoms with Gasteiger partial charge in [0.05, 0.1) is 11.4 Å². The van der Waals surface area contributed by atoms with Crippen LogP contribution in [0.5, 0.6) is 0 Å². The summed E-state index contributed by atoms with van der Waals surface area (Å²) in [5, 5.41) is 3.33. The number of nitrogens with zero attached hydrogens (tertiary/aromatic N) is 1. The molecule has 1 aromatic carbocycles. The second-order valence-corrected chi connectivity index (χ2v) is 8.17. The third-order valence-electron chi connectivity index (χ3n) is 4.42. The maximum Gasteiger partial charge on any atom is 0.244 e. The number of para-hydroxylation sites is 1. The molecule has 6 heteroatoms. The van der Waals surface area contributed by atoms with Gasteiger partial charge in [0.1, 0.15) is 4.90 Å². The van der Waals surface area contributed by atoms with E-state index in [0.717, 1.165) is 6.54 Å². The molecule has 2 atom stereocenters. The highest BCUT2D eigenvalue weighted by Crippen LogP contribution is 2.33. The molecule has 1 aromatic rings. The first kappa shape index (κ1) is 16.1. The molecular formula is C15H25N3O2S. The monoisotopic (exact) mass is 311 g/mol. The van der Waals surface area contributed by atoms with Crippen LogP contribution in [0.1, 0.15) is 26.2 Å². The van der Waals surface area contributed by atoms with Crippen LogP contribution in [0, 0.1) is 11.8 Å². The van der Waals surface area contributed by atoms with Crippen LogP contribution < -0.4 is 11.1 Å². The van der Waals surface area contributed by atoms with Crippen LogP contribution in [0.4, 0.5) is 11.4 Å². The van der Waals surface area contributed by atoms with Gasteiger partial charge in [-0.2, -0.15) is 0 Å². The van der Waals surface area contributed by atoms with Gasteiger partial charge in [0.15, 0.2) is 0 Å². The van der Waals surface area contributed by atoms with E-state index in [4.69, 9.17) is 5.73 Å². The molecule has 0 spiro atoms. The first-order valence-corrected chi connectivity index (χ1v) is 8.83. The Morgan fingerprint density at radius 2 is 2.05 bits per heavy atom. The van der Waals surface area contributed by atoms with E-state index in [9.17, 15) is 8.42 Å². The second kappa shape index (κ2) is 6.23. The zero-order valence-corrected chi connectivity index (χ0v) is 13.8. The third kappa shape index (κ3) is 3.32. The van der Waals surface area contributed by atoms with Gasteiger partial charge in [0.25, 0.3) is 0 Å². The lowest BCUT2D eigenvalue weighted by Gasteiger charge is -2.19. The Bertz CT molecular complexity index is 599. The molecule has 0 aliphatic heterocycles. The van der Waals surface area contributed by atoms with Crippen molar-refractivity contribution in [3.05, 3.63) is 18.2 Å². The number of nitrogen functional groups attached to an aromatic ring is 1. The number of benzene rings is 1. The number of rotatable bonds is 5. The van der Waals surface area contributed by atoms with Gasteiger partial charge in [-0.15, -0.1) is 0 Å². The molecule has 118 valence electrons. The number of hydrogen-bond acceptors (Lipinski definition) is 4. The van der Waals surface area contributed by atoms with Crippen LogP contribution >= 0.6 is 0 Å². The lowest BCUT2D eigenvalue weighted by Crippen LogP contribution is -2.24. The Morgan fingerprint density at radius 3 is 2.62 bits per heavy atom. The molecule has 1 aliphatic rings. The van der Waals surface area contributed by atoms with E-state index in [1.165, 1.54) is 37.7 Å². The van der Waals surface area contributed by atoms with E-state index >= 15 is 0 Å².